The van der Waals surface area contributed by atoms with Gasteiger partial charge in [-0.25, -0.2) is 4.39 Å². The van der Waals surface area contributed by atoms with Gasteiger partial charge in [0.15, 0.2) is 5.84 Å². The Balaban J connectivity index is 1.98. The number of amidine groups is 1. The van der Waals surface area contributed by atoms with Crippen molar-refractivity contribution in [3.63, 3.8) is 0 Å². The van der Waals surface area contributed by atoms with Gasteiger partial charge in [0, 0.05) is 23.4 Å². The average Bonchev–Trinajstić information content (AvgIpc) is 2.60. The van der Waals surface area contributed by atoms with E-state index in [-0.39, 0.29) is 17.2 Å². The highest BCUT2D eigenvalue weighted by Gasteiger charge is 2.16. The van der Waals surface area contributed by atoms with E-state index in [1.165, 1.54) is 55.5 Å². The van der Waals surface area contributed by atoms with Crippen molar-refractivity contribution in [1.29, 1.82) is 0 Å². The smallest absolute Gasteiger partial charge is 0.271 e. The van der Waals surface area contributed by atoms with Gasteiger partial charge in [-0.15, -0.1) is 0 Å². The highest BCUT2D eigenvalue weighted by atomic mass is 19.1. The van der Waals surface area contributed by atoms with E-state index < -0.39 is 22.8 Å². The van der Waals surface area contributed by atoms with E-state index in [0.717, 1.165) is 0 Å². The summed E-state index contributed by atoms with van der Waals surface area (Å²) < 4.78 is 12.8. The number of non-ortho nitro benzene ring substituents is 1. The number of hydrogen-bond donors (Lipinski definition) is 2. The first kappa shape index (κ1) is 17.9. The number of rotatable bonds is 6. The molecule has 0 radical (unpaired) electrons. The van der Waals surface area contributed by atoms with E-state index in [1.54, 1.807) is 0 Å². The van der Waals surface area contributed by atoms with Crippen LogP contribution in [0, 0.1) is 15.9 Å². The summed E-state index contributed by atoms with van der Waals surface area (Å²) in [6.07, 6.45) is -1.00. The number of nitrogens with one attached hydrogen (secondary N) is 1. The van der Waals surface area contributed by atoms with Crippen molar-refractivity contribution in [2.75, 3.05) is 5.32 Å². The zero-order valence-corrected chi connectivity index (χ0v) is 13.2. The van der Waals surface area contributed by atoms with Crippen molar-refractivity contribution in [2.24, 2.45) is 10.9 Å². The zero-order chi connectivity index (χ0) is 18.4. The second kappa shape index (κ2) is 7.86. The van der Waals surface area contributed by atoms with Crippen LogP contribution in [0.25, 0.3) is 0 Å². The molecule has 0 fully saturated rings. The third kappa shape index (κ3) is 4.99. The highest BCUT2D eigenvalue weighted by molar-refractivity contribution is 5.97. The SMILES string of the molecule is CC(ON=C(N)c1ccc(F)cc1)C(=O)Nc1cccc([N+](=O)[O-])c1. The molecule has 2 aromatic carbocycles. The number of carbonyl (C=O) groups is 1. The number of nitrogens with zero attached hydrogens (tertiary/aromatic N) is 2. The van der Waals surface area contributed by atoms with Gasteiger partial charge < -0.3 is 15.9 Å². The van der Waals surface area contributed by atoms with Crippen LogP contribution in [0.5, 0.6) is 0 Å². The van der Waals surface area contributed by atoms with Crippen molar-refractivity contribution < 1.29 is 18.9 Å². The number of hydrogen-bond acceptors (Lipinski definition) is 5. The molecule has 0 aliphatic heterocycles. The molecule has 130 valence electrons. The molecule has 0 aromatic heterocycles. The minimum absolute atomic E-state index is 0.0185. The van der Waals surface area contributed by atoms with Crippen molar-refractivity contribution in [1.82, 2.24) is 0 Å². The predicted molar refractivity (Wildman–Crippen MR) is 89.4 cm³/mol. The minimum atomic E-state index is -1.00. The number of oxime groups is 1. The van der Waals surface area contributed by atoms with Crippen molar-refractivity contribution >= 4 is 23.1 Å². The Morgan fingerprint density at radius 3 is 2.64 bits per heavy atom. The summed E-state index contributed by atoms with van der Waals surface area (Å²) in [7, 11) is 0. The Morgan fingerprint density at radius 2 is 2.00 bits per heavy atom. The van der Waals surface area contributed by atoms with E-state index in [2.05, 4.69) is 10.5 Å². The minimum Gasteiger partial charge on any atom is -0.381 e. The Labute approximate surface area is 142 Å². The molecular weight excluding hydrogens is 331 g/mol. The fourth-order valence-corrected chi connectivity index (χ4v) is 1.80. The van der Waals surface area contributed by atoms with Gasteiger partial charge >= 0.3 is 0 Å². The van der Waals surface area contributed by atoms with Gasteiger partial charge in [-0.05, 0) is 37.3 Å². The Hall–Kier alpha value is -3.49. The quantitative estimate of drug-likeness (QED) is 0.360. The summed E-state index contributed by atoms with van der Waals surface area (Å²) in [5.41, 5.74) is 6.24. The standard InChI is InChI=1S/C16H15FN4O4/c1-10(25-20-15(18)11-5-7-12(17)8-6-11)16(22)19-13-3-2-4-14(9-13)21(23)24/h2-10H,1H3,(H2,18,20)(H,19,22). The topological polar surface area (TPSA) is 120 Å². The lowest BCUT2D eigenvalue weighted by Crippen LogP contribution is -2.27. The van der Waals surface area contributed by atoms with Crippen LogP contribution in [0.15, 0.2) is 53.7 Å². The number of nitro groups is 1. The van der Waals surface area contributed by atoms with Crippen molar-refractivity contribution in [3.8, 4) is 0 Å². The Bertz CT molecular complexity index is 808. The maximum atomic E-state index is 12.8. The van der Waals surface area contributed by atoms with E-state index in [4.69, 9.17) is 10.6 Å². The molecule has 0 saturated heterocycles. The molecule has 1 atom stereocenters. The second-order valence-corrected chi connectivity index (χ2v) is 5.03. The summed E-state index contributed by atoms with van der Waals surface area (Å²) in [5.74, 6) is -0.992. The van der Waals surface area contributed by atoms with Crippen LogP contribution >= 0.6 is 0 Å². The molecule has 0 saturated carbocycles. The van der Waals surface area contributed by atoms with Gasteiger partial charge in [-0.2, -0.15) is 0 Å². The third-order valence-corrected chi connectivity index (χ3v) is 3.14. The van der Waals surface area contributed by atoms with E-state index in [9.17, 15) is 19.3 Å². The number of benzene rings is 2. The molecule has 9 heteroatoms. The van der Waals surface area contributed by atoms with Gasteiger partial charge in [0.25, 0.3) is 11.6 Å². The highest BCUT2D eigenvalue weighted by Crippen LogP contribution is 2.17. The van der Waals surface area contributed by atoms with Crippen molar-refractivity contribution in [3.05, 3.63) is 70.0 Å². The number of carbonyl (C=O) groups excluding carboxylic acids is 1. The lowest BCUT2D eigenvalue weighted by atomic mass is 10.2. The van der Waals surface area contributed by atoms with Crippen LogP contribution in [0.3, 0.4) is 0 Å². The van der Waals surface area contributed by atoms with E-state index in [1.807, 2.05) is 0 Å². The normalized spacial score (nSPS) is 12.3. The molecule has 1 amide bonds. The van der Waals surface area contributed by atoms with Crippen LogP contribution in [0.4, 0.5) is 15.8 Å². The van der Waals surface area contributed by atoms with Crippen LogP contribution < -0.4 is 11.1 Å². The molecule has 2 rings (SSSR count). The molecule has 0 aliphatic carbocycles. The summed E-state index contributed by atoms with van der Waals surface area (Å²) in [6, 6.07) is 10.8. The number of nitro benzene ring substituents is 1. The average molecular weight is 346 g/mol. The lowest BCUT2D eigenvalue weighted by molar-refractivity contribution is -0.384. The van der Waals surface area contributed by atoms with Gasteiger partial charge in [0.2, 0.25) is 6.10 Å². The van der Waals surface area contributed by atoms with Crippen LogP contribution in [-0.4, -0.2) is 22.8 Å². The number of halogens is 1. The number of nitrogens with two attached hydrogens (primary N) is 1. The largest absolute Gasteiger partial charge is 0.381 e. The molecular formula is C16H15FN4O4. The van der Waals surface area contributed by atoms with Crippen LogP contribution in [0.1, 0.15) is 12.5 Å². The second-order valence-electron chi connectivity index (χ2n) is 5.03. The molecule has 1 unspecified atom stereocenters. The molecule has 0 spiro atoms. The number of amides is 1. The first-order valence-electron chi connectivity index (χ1n) is 7.17. The van der Waals surface area contributed by atoms with E-state index in [0.29, 0.717) is 5.56 Å². The molecule has 8 nitrogen and oxygen atoms in total. The molecule has 3 N–H and O–H groups in total. The zero-order valence-electron chi connectivity index (χ0n) is 13.2. The van der Waals surface area contributed by atoms with Gasteiger partial charge in [-0.3, -0.25) is 14.9 Å². The summed E-state index contributed by atoms with van der Waals surface area (Å²) in [5, 5.41) is 16.8. The first-order valence-corrected chi connectivity index (χ1v) is 7.17. The van der Waals surface area contributed by atoms with Crippen molar-refractivity contribution in [2.45, 2.75) is 13.0 Å². The summed E-state index contributed by atoms with van der Waals surface area (Å²) >= 11 is 0. The molecule has 0 aliphatic rings. The first-order chi connectivity index (χ1) is 11.9. The Morgan fingerprint density at radius 1 is 1.32 bits per heavy atom. The number of anilines is 1. The van der Waals surface area contributed by atoms with Crippen LogP contribution in [-0.2, 0) is 9.63 Å². The monoisotopic (exact) mass is 346 g/mol. The van der Waals surface area contributed by atoms with Gasteiger partial charge in [0.05, 0.1) is 4.92 Å². The summed E-state index contributed by atoms with van der Waals surface area (Å²) in [4.78, 5) is 27.2. The molecule has 0 heterocycles. The molecule has 2 aromatic rings. The fourth-order valence-electron chi connectivity index (χ4n) is 1.80. The van der Waals surface area contributed by atoms with Gasteiger partial charge in [-0.1, -0.05) is 11.2 Å². The van der Waals surface area contributed by atoms with Crippen LogP contribution in [0.2, 0.25) is 0 Å². The fraction of sp³-hybridized carbons (Fsp3) is 0.125. The lowest BCUT2D eigenvalue weighted by Gasteiger charge is -2.11. The molecule has 25 heavy (non-hydrogen) atoms. The Kier molecular flexibility index (Phi) is 5.62. The maximum Gasteiger partial charge on any atom is 0.271 e. The summed E-state index contributed by atoms with van der Waals surface area (Å²) in [6.45, 7) is 1.44. The van der Waals surface area contributed by atoms with Gasteiger partial charge in [0.1, 0.15) is 5.82 Å². The third-order valence-electron chi connectivity index (χ3n) is 3.14. The van der Waals surface area contributed by atoms with E-state index >= 15 is 0 Å². The predicted octanol–water partition coefficient (Wildman–Crippen LogP) is 2.40. The molecule has 0 bridgehead atoms. The maximum absolute atomic E-state index is 12.8.